The highest BCUT2D eigenvalue weighted by atomic mass is 16.5. The molecule has 0 aromatic heterocycles. The highest BCUT2D eigenvalue weighted by molar-refractivity contribution is 6.07. The molecule has 2 fully saturated rings. The lowest BCUT2D eigenvalue weighted by Gasteiger charge is -2.22. The van der Waals surface area contributed by atoms with Crippen LogP contribution in [0.3, 0.4) is 0 Å². The molecule has 4 N–H and O–H groups in total. The zero-order chi connectivity index (χ0) is 41.3. The Labute approximate surface area is 338 Å². The standard InChI is InChI=1S/C24H27NO5.C22H23NO5/c1-29-22-15-17(11-13-21(22)30-16-18-7-3-2-4-8-18)12-14-23(26)25-20-10-6-5-9-19(20)24(27)28;1-27-19-12-10-15(14-20(19)28-16-6-2-3-7-16)11-13-21(24)23-18-9-5-4-8-17(18)22(25)26/h5-6,9-15,18H,2-4,7-8,16H2,1H3,(H,25,26)(H,27,28);4-5,8-14,16H,2-3,6-7H2,1H3,(H,23,24)(H,25,26)/b14-12+;13-11+. The molecular formula is C46H50N2O10. The van der Waals surface area contributed by atoms with Crippen molar-refractivity contribution in [2.24, 2.45) is 5.92 Å². The van der Waals surface area contributed by atoms with Crippen LogP contribution >= 0.6 is 0 Å². The van der Waals surface area contributed by atoms with Crippen LogP contribution in [0.5, 0.6) is 23.0 Å². The van der Waals surface area contributed by atoms with Crippen molar-refractivity contribution < 1.29 is 48.3 Å². The van der Waals surface area contributed by atoms with Crippen molar-refractivity contribution in [3.05, 3.63) is 119 Å². The maximum Gasteiger partial charge on any atom is 0.337 e. The Morgan fingerprint density at radius 3 is 1.60 bits per heavy atom. The third-order valence-corrected chi connectivity index (χ3v) is 9.86. The first kappa shape index (κ1) is 42.6. The molecular weight excluding hydrogens is 741 g/mol. The smallest absolute Gasteiger partial charge is 0.337 e. The second-order valence-electron chi connectivity index (χ2n) is 14.0. The number of methoxy groups -OCH3 is 2. The van der Waals surface area contributed by atoms with Crippen LogP contribution in [-0.2, 0) is 9.59 Å². The number of para-hydroxylation sites is 2. The molecule has 58 heavy (non-hydrogen) atoms. The van der Waals surface area contributed by atoms with Gasteiger partial charge in [0.1, 0.15) is 0 Å². The van der Waals surface area contributed by atoms with Gasteiger partial charge in [0.25, 0.3) is 0 Å². The van der Waals surface area contributed by atoms with E-state index in [0.717, 1.165) is 24.0 Å². The molecule has 4 aromatic rings. The van der Waals surface area contributed by atoms with Crippen molar-refractivity contribution in [1.29, 1.82) is 0 Å². The second kappa shape index (κ2) is 21.7. The number of aromatic carboxylic acids is 2. The summed E-state index contributed by atoms with van der Waals surface area (Å²) in [4.78, 5) is 46.9. The van der Waals surface area contributed by atoms with Crippen molar-refractivity contribution in [3.63, 3.8) is 0 Å². The molecule has 4 aromatic carbocycles. The Hall–Kier alpha value is -6.56. The fourth-order valence-corrected chi connectivity index (χ4v) is 6.79. The molecule has 0 radical (unpaired) electrons. The first-order valence-electron chi connectivity index (χ1n) is 19.4. The van der Waals surface area contributed by atoms with Crippen molar-refractivity contribution in [2.75, 3.05) is 31.5 Å². The van der Waals surface area contributed by atoms with Crippen LogP contribution in [0.2, 0.25) is 0 Å². The minimum Gasteiger partial charge on any atom is -0.493 e. The number of carboxylic acids is 2. The summed E-state index contributed by atoms with van der Waals surface area (Å²) in [6.07, 6.45) is 16.9. The van der Waals surface area contributed by atoms with Crippen LogP contribution < -0.4 is 29.6 Å². The highest BCUT2D eigenvalue weighted by Crippen LogP contribution is 2.33. The zero-order valence-electron chi connectivity index (χ0n) is 32.8. The molecule has 2 aliphatic rings. The number of nitrogens with one attached hydrogen (secondary N) is 2. The van der Waals surface area contributed by atoms with Crippen LogP contribution in [0.1, 0.15) is 89.6 Å². The lowest BCUT2D eigenvalue weighted by Crippen LogP contribution is -2.15. The fraction of sp³-hybridized carbons (Fsp3) is 0.304. The van der Waals surface area contributed by atoms with Gasteiger partial charge in [-0.05, 0) is 116 Å². The third kappa shape index (κ3) is 12.7. The van der Waals surface area contributed by atoms with E-state index in [1.807, 2.05) is 36.4 Å². The lowest BCUT2D eigenvalue weighted by atomic mass is 9.90. The molecule has 0 saturated heterocycles. The molecule has 0 unspecified atom stereocenters. The van der Waals surface area contributed by atoms with Crippen LogP contribution in [0, 0.1) is 5.92 Å². The molecule has 2 saturated carbocycles. The molecule has 12 heteroatoms. The number of amides is 2. The van der Waals surface area contributed by atoms with Crippen LogP contribution in [0.4, 0.5) is 11.4 Å². The van der Waals surface area contributed by atoms with Gasteiger partial charge in [-0.15, -0.1) is 0 Å². The molecule has 12 nitrogen and oxygen atoms in total. The van der Waals surface area contributed by atoms with Gasteiger partial charge in [0.2, 0.25) is 11.8 Å². The van der Waals surface area contributed by atoms with Crippen molar-refractivity contribution in [1.82, 2.24) is 0 Å². The van der Waals surface area contributed by atoms with Crippen molar-refractivity contribution in [2.45, 2.75) is 63.9 Å². The van der Waals surface area contributed by atoms with E-state index in [1.165, 1.54) is 69.2 Å². The SMILES string of the molecule is COc1cc(/C=C/C(=O)Nc2ccccc2C(=O)O)ccc1OCC1CCCCC1.COc1ccc(/C=C/C(=O)Nc2ccccc2C(=O)O)cc1OC1CCCC1. The van der Waals surface area contributed by atoms with E-state index < -0.39 is 23.8 Å². The number of carbonyl (C=O) groups excluding carboxylic acids is 2. The molecule has 2 amide bonds. The molecule has 2 aliphatic carbocycles. The summed E-state index contributed by atoms with van der Waals surface area (Å²) >= 11 is 0. The Balaban J connectivity index is 0.000000221. The maximum absolute atomic E-state index is 12.2. The van der Waals surface area contributed by atoms with E-state index in [9.17, 15) is 29.4 Å². The van der Waals surface area contributed by atoms with Crippen LogP contribution in [0.15, 0.2) is 97.1 Å². The van der Waals surface area contributed by atoms with Gasteiger partial charge in [-0.2, -0.15) is 0 Å². The number of carboxylic acid groups (broad SMARTS) is 2. The largest absolute Gasteiger partial charge is 0.493 e. The highest BCUT2D eigenvalue weighted by Gasteiger charge is 2.19. The first-order valence-corrected chi connectivity index (χ1v) is 19.4. The van der Waals surface area contributed by atoms with Gasteiger partial charge in [0.15, 0.2) is 23.0 Å². The van der Waals surface area contributed by atoms with Gasteiger partial charge in [-0.25, -0.2) is 9.59 Å². The summed E-state index contributed by atoms with van der Waals surface area (Å²) in [5.74, 6) is 0.206. The number of hydrogen-bond donors (Lipinski definition) is 4. The van der Waals surface area contributed by atoms with Gasteiger partial charge in [0, 0.05) is 12.2 Å². The Bertz CT molecular complexity index is 2100. The molecule has 0 aliphatic heterocycles. The summed E-state index contributed by atoms with van der Waals surface area (Å²) in [5.41, 5.74) is 2.16. The molecule has 304 valence electrons. The normalized spacial score (nSPS) is 14.3. The van der Waals surface area contributed by atoms with Gasteiger partial charge >= 0.3 is 11.9 Å². The Morgan fingerprint density at radius 1 is 0.603 bits per heavy atom. The summed E-state index contributed by atoms with van der Waals surface area (Å²) in [6, 6.07) is 23.5. The average Bonchev–Trinajstić information content (AvgIpc) is 3.75. The minimum atomic E-state index is -1.09. The molecule has 0 bridgehead atoms. The Morgan fingerprint density at radius 2 is 1.09 bits per heavy atom. The van der Waals surface area contributed by atoms with Crippen LogP contribution in [-0.4, -0.2) is 60.9 Å². The number of carbonyl (C=O) groups is 4. The van der Waals surface area contributed by atoms with E-state index in [1.54, 1.807) is 62.8 Å². The van der Waals surface area contributed by atoms with Crippen LogP contribution in [0.25, 0.3) is 12.2 Å². The maximum atomic E-state index is 12.2. The Kier molecular flexibility index (Phi) is 15.9. The van der Waals surface area contributed by atoms with Crippen molar-refractivity contribution in [3.8, 4) is 23.0 Å². The van der Waals surface area contributed by atoms with E-state index in [-0.39, 0.29) is 28.6 Å². The third-order valence-electron chi connectivity index (χ3n) is 9.86. The van der Waals surface area contributed by atoms with E-state index >= 15 is 0 Å². The molecule has 6 rings (SSSR count). The topological polar surface area (TPSA) is 170 Å². The second-order valence-corrected chi connectivity index (χ2v) is 14.0. The number of hydrogen-bond acceptors (Lipinski definition) is 8. The van der Waals surface area contributed by atoms with E-state index in [2.05, 4.69) is 10.6 Å². The minimum absolute atomic E-state index is 0.0420. The summed E-state index contributed by atoms with van der Waals surface area (Å²) in [6.45, 7) is 0.691. The van der Waals surface area contributed by atoms with Gasteiger partial charge < -0.3 is 39.8 Å². The summed E-state index contributed by atoms with van der Waals surface area (Å²) in [5, 5.41) is 23.6. The zero-order valence-corrected chi connectivity index (χ0v) is 32.8. The molecule has 0 spiro atoms. The monoisotopic (exact) mass is 790 g/mol. The van der Waals surface area contributed by atoms with Gasteiger partial charge in [0.05, 0.1) is 49.4 Å². The van der Waals surface area contributed by atoms with Gasteiger partial charge in [-0.1, -0.05) is 55.7 Å². The molecule has 0 heterocycles. The van der Waals surface area contributed by atoms with E-state index in [0.29, 0.717) is 35.5 Å². The van der Waals surface area contributed by atoms with Gasteiger partial charge in [-0.3, -0.25) is 9.59 Å². The number of anilines is 2. The summed E-state index contributed by atoms with van der Waals surface area (Å²) in [7, 11) is 3.19. The predicted octanol–water partition coefficient (Wildman–Crippen LogP) is 9.37. The van der Waals surface area contributed by atoms with E-state index in [4.69, 9.17) is 18.9 Å². The summed E-state index contributed by atoms with van der Waals surface area (Å²) < 4.78 is 22.8. The molecule has 0 atom stereocenters. The average molecular weight is 791 g/mol. The number of benzene rings is 4. The van der Waals surface area contributed by atoms with Crippen molar-refractivity contribution >= 4 is 47.3 Å². The predicted molar refractivity (Wildman–Crippen MR) is 223 cm³/mol. The first-order chi connectivity index (χ1) is 28.1. The fourth-order valence-electron chi connectivity index (χ4n) is 6.79. The quantitative estimate of drug-likeness (QED) is 0.0851. The number of rotatable bonds is 15. The number of ether oxygens (including phenoxy) is 4. The lowest BCUT2D eigenvalue weighted by molar-refractivity contribution is -0.112.